The van der Waals surface area contributed by atoms with E-state index in [2.05, 4.69) is 5.43 Å². The summed E-state index contributed by atoms with van der Waals surface area (Å²) < 4.78 is 26.8. The van der Waals surface area contributed by atoms with Gasteiger partial charge in [0.25, 0.3) is 0 Å². The average molecular weight is 275 g/mol. The molecule has 1 atom stereocenters. The molecule has 1 heterocycles. The van der Waals surface area contributed by atoms with Crippen LogP contribution < -0.4 is 11.3 Å². The first-order valence-electron chi connectivity index (χ1n) is 4.77. The second kappa shape index (κ2) is 5.10. The molecule has 17 heavy (non-hydrogen) atoms. The van der Waals surface area contributed by atoms with Crippen LogP contribution in [0.2, 0.25) is 4.34 Å². The van der Waals surface area contributed by atoms with Crippen molar-refractivity contribution < 1.29 is 8.78 Å². The van der Waals surface area contributed by atoms with Crippen molar-refractivity contribution in [2.24, 2.45) is 5.84 Å². The SMILES string of the molecule is NNC(c1cc(F)cc(F)c1)c1ccc(Cl)s1. The Morgan fingerprint density at radius 2 is 1.82 bits per heavy atom. The summed E-state index contributed by atoms with van der Waals surface area (Å²) in [4.78, 5) is 0.794. The predicted octanol–water partition coefficient (Wildman–Crippen LogP) is 3.23. The van der Waals surface area contributed by atoms with Gasteiger partial charge in [0.2, 0.25) is 0 Å². The summed E-state index contributed by atoms with van der Waals surface area (Å²) in [6, 6.07) is 6.29. The third kappa shape index (κ3) is 2.81. The van der Waals surface area contributed by atoms with Gasteiger partial charge in [-0.1, -0.05) is 11.6 Å². The van der Waals surface area contributed by atoms with Gasteiger partial charge in [0.1, 0.15) is 11.6 Å². The van der Waals surface area contributed by atoms with Gasteiger partial charge in [-0.2, -0.15) is 0 Å². The van der Waals surface area contributed by atoms with Gasteiger partial charge in [-0.3, -0.25) is 5.84 Å². The molecule has 0 aliphatic heterocycles. The number of hydrogen-bond acceptors (Lipinski definition) is 3. The molecule has 3 N–H and O–H groups in total. The topological polar surface area (TPSA) is 38.0 Å². The van der Waals surface area contributed by atoms with E-state index in [-0.39, 0.29) is 0 Å². The minimum Gasteiger partial charge on any atom is -0.271 e. The Labute approximate surface area is 106 Å². The average Bonchev–Trinajstić information content (AvgIpc) is 2.64. The number of benzene rings is 1. The third-order valence-corrected chi connectivity index (χ3v) is 3.56. The Kier molecular flexibility index (Phi) is 3.73. The Balaban J connectivity index is 2.41. The van der Waals surface area contributed by atoms with E-state index >= 15 is 0 Å². The van der Waals surface area contributed by atoms with E-state index in [1.165, 1.54) is 23.5 Å². The van der Waals surface area contributed by atoms with Gasteiger partial charge in [0.15, 0.2) is 0 Å². The molecule has 2 aromatic rings. The molecule has 90 valence electrons. The Bertz CT molecular complexity index is 510. The van der Waals surface area contributed by atoms with Crippen molar-refractivity contribution in [1.82, 2.24) is 5.43 Å². The largest absolute Gasteiger partial charge is 0.271 e. The Morgan fingerprint density at radius 3 is 2.29 bits per heavy atom. The molecule has 0 saturated carbocycles. The van der Waals surface area contributed by atoms with Crippen LogP contribution in [-0.4, -0.2) is 0 Å². The maximum absolute atomic E-state index is 13.1. The van der Waals surface area contributed by atoms with Crippen LogP contribution in [0.3, 0.4) is 0 Å². The first-order chi connectivity index (χ1) is 8.10. The molecule has 2 rings (SSSR count). The normalized spacial score (nSPS) is 12.7. The Hall–Kier alpha value is -1.01. The van der Waals surface area contributed by atoms with E-state index in [0.29, 0.717) is 9.90 Å². The standard InChI is InChI=1S/C11H9ClF2N2S/c12-10-2-1-9(17-10)11(16-15)6-3-7(13)5-8(14)4-6/h1-5,11,16H,15H2. The van der Waals surface area contributed by atoms with E-state index in [0.717, 1.165) is 10.9 Å². The monoisotopic (exact) mass is 274 g/mol. The fourth-order valence-electron chi connectivity index (χ4n) is 1.57. The summed E-state index contributed by atoms with van der Waals surface area (Å²) >= 11 is 7.12. The zero-order valence-corrected chi connectivity index (χ0v) is 10.2. The molecular weight excluding hydrogens is 266 g/mol. The molecule has 1 aromatic carbocycles. The fraction of sp³-hybridized carbons (Fsp3) is 0.0909. The van der Waals surface area contributed by atoms with Crippen molar-refractivity contribution in [1.29, 1.82) is 0 Å². The van der Waals surface area contributed by atoms with Crippen LogP contribution in [0.15, 0.2) is 30.3 Å². The highest BCUT2D eigenvalue weighted by Crippen LogP contribution is 2.31. The van der Waals surface area contributed by atoms with Gasteiger partial charge in [-0.05, 0) is 29.8 Å². The molecule has 2 nitrogen and oxygen atoms in total. The van der Waals surface area contributed by atoms with Crippen molar-refractivity contribution in [3.8, 4) is 0 Å². The number of nitrogens with one attached hydrogen (secondary N) is 1. The van der Waals surface area contributed by atoms with Crippen LogP contribution in [0.5, 0.6) is 0 Å². The molecule has 0 fully saturated rings. The van der Waals surface area contributed by atoms with Crippen LogP contribution in [0.4, 0.5) is 8.78 Å². The van der Waals surface area contributed by atoms with E-state index < -0.39 is 17.7 Å². The quantitative estimate of drug-likeness (QED) is 0.666. The molecule has 0 bridgehead atoms. The van der Waals surface area contributed by atoms with Crippen LogP contribution in [0, 0.1) is 11.6 Å². The number of rotatable bonds is 3. The van der Waals surface area contributed by atoms with Crippen molar-refractivity contribution in [2.75, 3.05) is 0 Å². The van der Waals surface area contributed by atoms with Gasteiger partial charge in [0, 0.05) is 10.9 Å². The third-order valence-electron chi connectivity index (χ3n) is 2.26. The Morgan fingerprint density at radius 1 is 1.18 bits per heavy atom. The van der Waals surface area contributed by atoms with E-state index in [1.807, 2.05) is 0 Å². The van der Waals surface area contributed by atoms with Gasteiger partial charge >= 0.3 is 0 Å². The number of nitrogens with two attached hydrogens (primary N) is 1. The number of thiophene rings is 1. The van der Waals surface area contributed by atoms with Crippen molar-refractivity contribution >= 4 is 22.9 Å². The van der Waals surface area contributed by atoms with Gasteiger partial charge in [-0.15, -0.1) is 11.3 Å². The molecule has 1 unspecified atom stereocenters. The fourth-order valence-corrected chi connectivity index (χ4v) is 2.72. The van der Waals surface area contributed by atoms with Crippen LogP contribution in [-0.2, 0) is 0 Å². The zero-order chi connectivity index (χ0) is 12.4. The van der Waals surface area contributed by atoms with Gasteiger partial charge < -0.3 is 0 Å². The molecule has 0 saturated heterocycles. The van der Waals surface area contributed by atoms with E-state index in [1.54, 1.807) is 12.1 Å². The molecule has 1 aromatic heterocycles. The summed E-state index contributed by atoms with van der Waals surface area (Å²) in [5, 5.41) is 0. The number of halogens is 3. The molecule has 0 radical (unpaired) electrons. The van der Waals surface area contributed by atoms with Crippen LogP contribution in [0.25, 0.3) is 0 Å². The first kappa shape index (κ1) is 12.4. The highest BCUT2D eigenvalue weighted by atomic mass is 35.5. The minimum atomic E-state index is -0.636. The molecule has 0 aliphatic rings. The second-order valence-electron chi connectivity index (χ2n) is 3.44. The maximum Gasteiger partial charge on any atom is 0.126 e. The smallest absolute Gasteiger partial charge is 0.126 e. The molecule has 6 heteroatoms. The summed E-state index contributed by atoms with van der Waals surface area (Å²) in [7, 11) is 0. The first-order valence-corrected chi connectivity index (χ1v) is 5.97. The lowest BCUT2D eigenvalue weighted by molar-refractivity contribution is 0.567. The summed E-state index contributed by atoms with van der Waals surface area (Å²) in [5.41, 5.74) is 2.94. The lowest BCUT2D eigenvalue weighted by atomic mass is 10.1. The highest BCUT2D eigenvalue weighted by Gasteiger charge is 2.16. The summed E-state index contributed by atoms with van der Waals surface area (Å²) in [6.45, 7) is 0. The highest BCUT2D eigenvalue weighted by molar-refractivity contribution is 7.16. The summed E-state index contributed by atoms with van der Waals surface area (Å²) in [5.74, 6) is 4.14. The van der Waals surface area contributed by atoms with E-state index in [9.17, 15) is 8.78 Å². The minimum absolute atomic E-state index is 0.420. The van der Waals surface area contributed by atoms with Crippen molar-refractivity contribution in [3.63, 3.8) is 0 Å². The van der Waals surface area contributed by atoms with Crippen molar-refractivity contribution in [2.45, 2.75) is 6.04 Å². The predicted molar refractivity (Wildman–Crippen MR) is 64.9 cm³/mol. The number of hydrogen-bond donors (Lipinski definition) is 2. The lowest BCUT2D eigenvalue weighted by Gasteiger charge is -2.14. The zero-order valence-electron chi connectivity index (χ0n) is 8.58. The van der Waals surface area contributed by atoms with E-state index in [4.69, 9.17) is 17.4 Å². The number of hydrazine groups is 1. The maximum atomic E-state index is 13.1. The molecule has 0 amide bonds. The summed E-state index contributed by atoms with van der Waals surface area (Å²) in [6.07, 6.45) is 0. The lowest BCUT2D eigenvalue weighted by Crippen LogP contribution is -2.28. The van der Waals surface area contributed by atoms with Crippen molar-refractivity contribution in [3.05, 3.63) is 56.7 Å². The molecular formula is C11H9ClF2N2S. The van der Waals surface area contributed by atoms with Gasteiger partial charge in [-0.25, -0.2) is 14.2 Å². The van der Waals surface area contributed by atoms with Crippen LogP contribution in [0.1, 0.15) is 16.5 Å². The molecule has 0 spiro atoms. The second-order valence-corrected chi connectivity index (χ2v) is 5.19. The van der Waals surface area contributed by atoms with Gasteiger partial charge in [0.05, 0.1) is 10.4 Å². The van der Waals surface area contributed by atoms with Crippen LogP contribution >= 0.6 is 22.9 Å². The molecule has 0 aliphatic carbocycles.